The van der Waals surface area contributed by atoms with Crippen LogP contribution in [0.25, 0.3) is 44.7 Å². The normalized spacial score (nSPS) is 18.8. The van der Waals surface area contributed by atoms with Crippen LogP contribution in [0.4, 0.5) is 8.78 Å². The molecule has 1 aliphatic carbocycles. The highest BCUT2D eigenvalue weighted by atomic mass is 19.1. The Morgan fingerprint density at radius 1 is 0.932 bits per heavy atom. The second-order valence-electron chi connectivity index (χ2n) is 11.6. The lowest BCUT2D eigenvalue weighted by molar-refractivity contribution is -0.143. The van der Waals surface area contributed by atoms with Gasteiger partial charge in [-0.2, -0.15) is 10.1 Å². The number of imidazole rings is 1. The average molecular weight is 599 g/mol. The summed E-state index contributed by atoms with van der Waals surface area (Å²) in [6.07, 6.45) is 4.95. The lowest BCUT2D eigenvalue weighted by Gasteiger charge is -2.30. The van der Waals surface area contributed by atoms with Crippen LogP contribution in [0.1, 0.15) is 32.1 Å². The van der Waals surface area contributed by atoms with E-state index >= 15 is 8.78 Å². The second-order valence-corrected chi connectivity index (χ2v) is 11.6. The summed E-state index contributed by atoms with van der Waals surface area (Å²) >= 11 is 0. The van der Waals surface area contributed by atoms with Crippen LogP contribution in [0.2, 0.25) is 0 Å². The molecule has 0 amide bonds. The van der Waals surface area contributed by atoms with Gasteiger partial charge >= 0.3 is 5.97 Å². The summed E-state index contributed by atoms with van der Waals surface area (Å²) in [6, 6.07) is 16.3. The van der Waals surface area contributed by atoms with Crippen molar-refractivity contribution in [1.82, 2.24) is 29.6 Å². The Balaban J connectivity index is 1.04. The van der Waals surface area contributed by atoms with E-state index in [-0.39, 0.29) is 34.6 Å². The van der Waals surface area contributed by atoms with Gasteiger partial charge in [-0.25, -0.2) is 13.8 Å². The number of benzene rings is 3. The van der Waals surface area contributed by atoms with Crippen molar-refractivity contribution in [2.24, 2.45) is 5.92 Å². The molecule has 1 aliphatic heterocycles. The highest BCUT2D eigenvalue weighted by Gasteiger charge is 2.28. The van der Waals surface area contributed by atoms with E-state index in [0.717, 1.165) is 42.9 Å². The molecule has 0 atom stereocenters. The SMILES string of the molecule is O=C(O)C1CCC(Oc2nc3c(F)c(-c4ccc(-c5ccc(-c6ncn(CCN7CCC7)n6)cc5)cc4)c(F)cc3[nH]2)CC1. The number of rotatable bonds is 9. The fourth-order valence-electron chi connectivity index (χ4n) is 5.99. The number of nitrogens with zero attached hydrogens (tertiary/aromatic N) is 5. The molecule has 0 radical (unpaired) electrons. The van der Waals surface area contributed by atoms with E-state index in [2.05, 4.69) is 25.0 Å². The van der Waals surface area contributed by atoms with Gasteiger partial charge in [0.05, 0.1) is 23.5 Å². The number of fused-ring (bicyclic) bond motifs is 1. The molecule has 1 saturated carbocycles. The third kappa shape index (κ3) is 5.67. The molecule has 11 heteroatoms. The first-order valence-electron chi connectivity index (χ1n) is 15.0. The minimum absolute atomic E-state index is 0.00751. The number of H-pyrrole nitrogens is 1. The summed E-state index contributed by atoms with van der Waals surface area (Å²) < 4.78 is 38.6. The molecule has 2 aliphatic rings. The molecule has 0 bridgehead atoms. The van der Waals surface area contributed by atoms with Crippen molar-refractivity contribution in [3.8, 4) is 39.7 Å². The van der Waals surface area contributed by atoms with Gasteiger partial charge in [0, 0.05) is 18.2 Å². The van der Waals surface area contributed by atoms with E-state index in [9.17, 15) is 9.90 Å². The summed E-state index contributed by atoms with van der Waals surface area (Å²) in [4.78, 5) is 25.2. The van der Waals surface area contributed by atoms with Crippen LogP contribution >= 0.6 is 0 Å². The molecule has 5 aromatic rings. The van der Waals surface area contributed by atoms with Gasteiger partial charge < -0.3 is 19.7 Å². The van der Waals surface area contributed by atoms with Crippen LogP contribution < -0.4 is 4.74 Å². The van der Waals surface area contributed by atoms with Gasteiger partial charge in [0.25, 0.3) is 6.01 Å². The minimum atomic E-state index is -0.798. The van der Waals surface area contributed by atoms with Crippen LogP contribution in [0, 0.1) is 17.6 Å². The Kier molecular flexibility index (Phi) is 7.55. The quantitative estimate of drug-likeness (QED) is 0.209. The number of hydrogen-bond acceptors (Lipinski definition) is 6. The van der Waals surface area contributed by atoms with Gasteiger partial charge in [-0.3, -0.25) is 9.48 Å². The summed E-state index contributed by atoms with van der Waals surface area (Å²) in [6.45, 7) is 4.11. The van der Waals surface area contributed by atoms with Crippen molar-refractivity contribution in [3.05, 3.63) is 72.6 Å². The number of likely N-dealkylation sites (tertiary alicyclic amines) is 1. The number of aliphatic carboxylic acids is 1. The topological polar surface area (TPSA) is 109 Å². The van der Waals surface area contributed by atoms with E-state index in [0.29, 0.717) is 37.1 Å². The number of carbonyl (C=O) groups is 1. The molecule has 0 unspecified atom stereocenters. The smallest absolute Gasteiger partial charge is 0.306 e. The maximum Gasteiger partial charge on any atom is 0.306 e. The van der Waals surface area contributed by atoms with E-state index in [1.54, 1.807) is 18.5 Å². The zero-order valence-electron chi connectivity index (χ0n) is 24.0. The first kappa shape index (κ1) is 28.1. The van der Waals surface area contributed by atoms with Gasteiger partial charge in [-0.15, -0.1) is 0 Å². The third-order valence-electron chi connectivity index (χ3n) is 8.73. The zero-order valence-corrected chi connectivity index (χ0v) is 24.0. The largest absolute Gasteiger partial charge is 0.481 e. The number of aromatic nitrogens is 5. The second kappa shape index (κ2) is 11.8. The highest BCUT2D eigenvalue weighted by Crippen LogP contribution is 2.34. The van der Waals surface area contributed by atoms with Gasteiger partial charge in [-0.05, 0) is 61.9 Å². The molecule has 0 spiro atoms. The van der Waals surface area contributed by atoms with Crippen molar-refractivity contribution < 1.29 is 23.4 Å². The molecule has 3 heterocycles. The fraction of sp³-hybridized carbons (Fsp3) is 0.333. The van der Waals surface area contributed by atoms with Gasteiger partial charge in [0.1, 0.15) is 23.8 Å². The number of aromatic amines is 1. The van der Waals surface area contributed by atoms with E-state index in [1.807, 2.05) is 41.1 Å². The fourth-order valence-corrected chi connectivity index (χ4v) is 5.99. The Morgan fingerprint density at radius 3 is 2.23 bits per heavy atom. The lowest BCUT2D eigenvalue weighted by atomic mass is 9.87. The molecular formula is C33H32F2N6O3. The van der Waals surface area contributed by atoms with Gasteiger partial charge in [-0.1, -0.05) is 48.5 Å². The Bertz CT molecular complexity index is 1790. The minimum Gasteiger partial charge on any atom is -0.481 e. The molecular weight excluding hydrogens is 566 g/mol. The van der Waals surface area contributed by atoms with Crippen LogP contribution in [0.15, 0.2) is 60.9 Å². The summed E-state index contributed by atoms with van der Waals surface area (Å²) in [5.74, 6) is -1.97. The van der Waals surface area contributed by atoms with Crippen molar-refractivity contribution >= 4 is 17.0 Å². The number of hydrogen-bond donors (Lipinski definition) is 2. The number of nitrogens with one attached hydrogen (secondary N) is 1. The molecule has 226 valence electrons. The standard InChI is InChI=1S/C33H32F2N6O3/c34-26-18-27-30(38-33(37-27)44-25-12-10-24(11-13-25)32(42)43)29(35)28(26)22-6-2-20(3-7-22)21-4-8-23(9-5-21)31-36-19-41(39-31)17-16-40-14-1-15-40/h2-9,18-19,24-25H,1,10-17H2,(H,37,38)(H,42,43). The molecule has 44 heavy (non-hydrogen) atoms. The van der Waals surface area contributed by atoms with Crippen LogP contribution in [-0.2, 0) is 11.3 Å². The van der Waals surface area contributed by atoms with Gasteiger partial charge in [0.15, 0.2) is 11.6 Å². The van der Waals surface area contributed by atoms with Crippen molar-refractivity contribution in [3.63, 3.8) is 0 Å². The van der Waals surface area contributed by atoms with Crippen LogP contribution in [0.3, 0.4) is 0 Å². The number of carboxylic acids is 1. The third-order valence-corrected chi connectivity index (χ3v) is 8.73. The van der Waals surface area contributed by atoms with Crippen LogP contribution in [0.5, 0.6) is 6.01 Å². The molecule has 3 aromatic carbocycles. The maximum atomic E-state index is 15.6. The van der Waals surface area contributed by atoms with Crippen molar-refractivity contribution in [2.45, 2.75) is 44.8 Å². The average Bonchev–Trinajstić information content (AvgIpc) is 3.64. The summed E-state index contributed by atoms with van der Waals surface area (Å²) in [7, 11) is 0. The number of carboxylic acid groups (broad SMARTS) is 1. The van der Waals surface area contributed by atoms with Crippen molar-refractivity contribution in [2.75, 3.05) is 19.6 Å². The molecule has 9 nitrogen and oxygen atoms in total. The van der Waals surface area contributed by atoms with Crippen molar-refractivity contribution in [1.29, 1.82) is 0 Å². The maximum absolute atomic E-state index is 15.6. The number of ether oxygens (including phenoxy) is 1. The van der Waals surface area contributed by atoms with Crippen LogP contribution in [-0.4, -0.2) is 66.4 Å². The highest BCUT2D eigenvalue weighted by molar-refractivity contribution is 5.84. The predicted octanol–water partition coefficient (Wildman–Crippen LogP) is 6.16. The van der Waals surface area contributed by atoms with Gasteiger partial charge in [0.2, 0.25) is 0 Å². The Hall–Kier alpha value is -4.64. The Labute approximate surface area is 252 Å². The molecule has 7 rings (SSSR count). The monoisotopic (exact) mass is 598 g/mol. The molecule has 2 fully saturated rings. The van der Waals surface area contributed by atoms with E-state index in [1.165, 1.54) is 12.5 Å². The summed E-state index contributed by atoms with van der Waals surface area (Å²) in [5.41, 5.74) is 3.21. The number of halogens is 2. The molecule has 2 aromatic heterocycles. The first-order chi connectivity index (χ1) is 21.4. The molecule has 2 N–H and O–H groups in total. The van der Waals surface area contributed by atoms with E-state index < -0.39 is 17.6 Å². The first-order valence-corrected chi connectivity index (χ1v) is 15.0. The molecule has 1 saturated heterocycles. The Morgan fingerprint density at radius 2 is 1.59 bits per heavy atom. The zero-order chi connectivity index (χ0) is 30.2. The summed E-state index contributed by atoms with van der Waals surface area (Å²) in [5, 5.41) is 13.8. The lowest BCUT2D eigenvalue weighted by Crippen LogP contribution is -2.39. The predicted molar refractivity (Wildman–Crippen MR) is 161 cm³/mol. The van der Waals surface area contributed by atoms with E-state index in [4.69, 9.17) is 4.74 Å².